The number of hydrogen-bond donors (Lipinski definition) is 0. The monoisotopic (exact) mass is 125 g/mol. The van der Waals surface area contributed by atoms with E-state index < -0.39 is 0 Å². The summed E-state index contributed by atoms with van der Waals surface area (Å²) in [5.74, 6) is 0. The van der Waals surface area contributed by atoms with Crippen molar-refractivity contribution >= 4 is 0 Å². The van der Waals surface area contributed by atoms with E-state index in [-0.39, 0.29) is 0 Å². The Balaban J connectivity index is 3.05. The molecule has 1 heterocycles. The molecule has 0 aliphatic carbocycles. The molecule has 0 spiro atoms. The van der Waals surface area contributed by atoms with Gasteiger partial charge in [-0.3, -0.25) is 0 Å². The minimum absolute atomic E-state index is 1.69. The van der Waals surface area contributed by atoms with Gasteiger partial charge in [-0.1, -0.05) is 0 Å². The normalized spacial score (nSPS) is 9.00. The molecule has 0 saturated carbocycles. The molecule has 0 fully saturated rings. The van der Waals surface area contributed by atoms with Gasteiger partial charge in [-0.05, 0) is 0 Å². The van der Waals surface area contributed by atoms with Gasteiger partial charge in [0.15, 0.2) is 0 Å². The van der Waals surface area contributed by atoms with Crippen LogP contribution in [0.25, 0.3) is 0 Å². The molecule has 2 heteroatoms. The Kier molecular flexibility index (Phi) is 0.983. The number of aromatic nitrogens is 1. The van der Waals surface area contributed by atoms with E-state index in [1.807, 2.05) is 24.5 Å². The topological polar surface area (TPSA) is 4.93 Å². The molecule has 0 aliphatic heterocycles. The average Bonchev–Trinajstić information content (AvgIpc) is 1.86. The van der Waals surface area contributed by atoms with Gasteiger partial charge < -0.3 is 0 Å². The quantitative estimate of drug-likeness (QED) is 0.483. The van der Waals surface area contributed by atoms with E-state index in [0.717, 1.165) is 0 Å². The Morgan fingerprint density at radius 1 is 1.17 bits per heavy atom. The molecule has 0 unspecified atom stereocenters. The molecule has 1 rings (SSSR count). The number of hydrogen-bond acceptors (Lipinski definition) is 0. The molecule has 1 aromatic rings. The second kappa shape index (κ2) is 1.49. The van der Waals surface area contributed by atoms with Crippen LogP contribution in [0.2, 0.25) is 0 Å². The number of nitrogens with zero attached hydrogens (tertiary/aromatic N) is 1. The van der Waals surface area contributed by atoms with Crippen molar-refractivity contribution in [2.75, 3.05) is 0 Å². The summed E-state index contributed by atoms with van der Waals surface area (Å²) in [6.07, 6.45) is 3.72. The molecule has 0 aliphatic rings. The summed E-state index contributed by atoms with van der Waals surface area (Å²) in [6, 6.07) is 3.84. The number of rotatable bonds is 0. The van der Waals surface area contributed by atoms with E-state index in [1.165, 1.54) is 0 Å². The van der Waals surface area contributed by atoms with Crippen LogP contribution in [0.3, 0.4) is 0 Å². The summed E-state index contributed by atoms with van der Waals surface area (Å²) in [6.45, 7) is 0. The van der Waals surface area contributed by atoms with Gasteiger partial charge in [-0.15, -0.1) is 0 Å². The van der Waals surface area contributed by atoms with Crippen LogP contribution < -0.4 is 0 Å². The van der Waals surface area contributed by atoms with Crippen molar-refractivity contribution in [2.24, 2.45) is 0 Å². The third kappa shape index (κ3) is 0.638. The Morgan fingerprint density at radius 3 is 1.83 bits per heavy atom. The third-order valence-corrected chi connectivity index (χ3v) is 0.865. The summed E-state index contributed by atoms with van der Waals surface area (Å²) in [4.78, 5) is 0. The molecular formula is C4H4CoN. The Labute approximate surface area is 44.8 Å². The fourth-order valence-electron chi connectivity index (χ4n) is 0.306. The summed E-state index contributed by atoms with van der Waals surface area (Å²) >= 11 is 4.00. The van der Waals surface area contributed by atoms with Crippen LogP contribution in [0.1, 0.15) is 0 Å². The zero-order valence-corrected chi connectivity index (χ0v) is 4.13. The second-order valence-corrected chi connectivity index (χ2v) is 1.54. The first-order valence-electron chi connectivity index (χ1n) is 1.67. The molecule has 0 aromatic carbocycles. The van der Waals surface area contributed by atoms with E-state index in [1.54, 1.807) is 3.62 Å². The van der Waals surface area contributed by atoms with Crippen molar-refractivity contribution in [3.05, 3.63) is 24.5 Å². The van der Waals surface area contributed by atoms with Crippen LogP contribution in [0.15, 0.2) is 24.5 Å². The Hall–Kier alpha value is -0.214. The van der Waals surface area contributed by atoms with Gasteiger partial charge in [-0.25, -0.2) is 0 Å². The molecule has 6 heavy (non-hydrogen) atoms. The first kappa shape index (κ1) is 3.96. The zero-order chi connectivity index (χ0) is 4.41. The molecule has 0 saturated heterocycles. The SMILES string of the molecule is [Co][n]1cccc1. The summed E-state index contributed by atoms with van der Waals surface area (Å²) in [5, 5.41) is 0. The molecule has 0 amide bonds. The predicted molar refractivity (Wildman–Crippen MR) is 19.8 cm³/mol. The summed E-state index contributed by atoms with van der Waals surface area (Å²) in [7, 11) is 0. The van der Waals surface area contributed by atoms with Gasteiger partial charge in [0.25, 0.3) is 0 Å². The van der Waals surface area contributed by atoms with Gasteiger partial charge in [0.1, 0.15) is 0 Å². The van der Waals surface area contributed by atoms with Crippen LogP contribution in [0, 0.1) is 0 Å². The standard InChI is InChI=1S/C4H4N.Co/c1-2-4-5-3-1;/h1-4H;/q-1;+1. The van der Waals surface area contributed by atoms with Gasteiger partial charge in [-0.2, -0.15) is 0 Å². The zero-order valence-electron chi connectivity index (χ0n) is 3.09. The van der Waals surface area contributed by atoms with Crippen molar-refractivity contribution < 1.29 is 16.0 Å². The van der Waals surface area contributed by atoms with Crippen LogP contribution in [0.5, 0.6) is 0 Å². The summed E-state index contributed by atoms with van der Waals surface area (Å²) in [5.41, 5.74) is 0. The van der Waals surface area contributed by atoms with E-state index in [4.69, 9.17) is 0 Å². The summed E-state index contributed by atoms with van der Waals surface area (Å²) < 4.78 is 1.69. The predicted octanol–water partition coefficient (Wildman–Crippen LogP) is 0.798. The Bertz CT molecular complexity index is 111. The molecule has 1 aromatic heterocycles. The van der Waals surface area contributed by atoms with E-state index >= 15 is 0 Å². The molecule has 1 nitrogen and oxygen atoms in total. The maximum absolute atomic E-state index is 4.00. The fraction of sp³-hybridized carbons (Fsp3) is 0. The average molecular weight is 125 g/mol. The van der Waals surface area contributed by atoms with Crippen LogP contribution in [-0.2, 0) is 16.0 Å². The first-order valence-corrected chi connectivity index (χ1v) is 2.13. The molecule has 34 valence electrons. The fourth-order valence-corrected chi connectivity index (χ4v) is 0.485. The van der Waals surface area contributed by atoms with Gasteiger partial charge in [0.05, 0.1) is 0 Å². The first-order chi connectivity index (χ1) is 2.89. The van der Waals surface area contributed by atoms with Crippen molar-refractivity contribution in [1.82, 2.24) is 3.62 Å². The maximum atomic E-state index is 4.00. The van der Waals surface area contributed by atoms with Crippen molar-refractivity contribution in [3.63, 3.8) is 0 Å². The van der Waals surface area contributed by atoms with Crippen molar-refractivity contribution in [3.8, 4) is 0 Å². The van der Waals surface area contributed by atoms with Crippen LogP contribution in [0.4, 0.5) is 0 Å². The van der Waals surface area contributed by atoms with Crippen molar-refractivity contribution in [1.29, 1.82) is 0 Å². The van der Waals surface area contributed by atoms with Crippen molar-refractivity contribution in [2.45, 2.75) is 0 Å². The minimum atomic E-state index is 1.69. The van der Waals surface area contributed by atoms with Gasteiger partial charge >= 0.3 is 44.1 Å². The third-order valence-electron chi connectivity index (χ3n) is 0.555. The van der Waals surface area contributed by atoms with Crippen LogP contribution in [-0.4, -0.2) is 3.62 Å². The molecule has 0 atom stereocenters. The molecule has 0 N–H and O–H groups in total. The Morgan fingerprint density at radius 2 is 1.67 bits per heavy atom. The molecule has 0 bridgehead atoms. The van der Waals surface area contributed by atoms with E-state index in [0.29, 0.717) is 0 Å². The van der Waals surface area contributed by atoms with E-state index in [2.05, 4.69) is 16.0 Å². The van der Waals surface area contributed by atoms with Crippen LogP contribution >= 0.6 is 0 Å². The molecular weight excluding hydrogens is 121 g/mol. The van der Waals surface area contributed by atoms with Gasteiger partial charge in [0.2, 0.25) is 0 Å². The van der Waals surface area contributed by atoms with Gasteiger partial charge in [0, 0.05) is 0 Å². The second-order valence-electron chi connectivity index (χ2n) is 1.00. The van der Waals surface area contributed by atoms with E-state index in [9.17, 15) is 0 Å². The molecule has 0 radical (unpaired) electrons.